The topological polar surface area (TPSA) is 82.1 Å². The smallest absolute Gasteiger partial charge is 0.150 e. The number of phenolic OH excluding ortho intramolecular Hbond substituents is 1. The van der Waals surface area contributed by atoms with E-state index in [1.54, 1.807) is 36.4 Å². The fourth-order valence-electron chi connectivity index (χ4n) is 3.14. The molecule has 1 aliphatic rings. The van der Waals surface area contributed by atoms with Gasteiger partial charge in [-0.05, 0) is 66.2 Å². The zero-order valence-electron chi connectivity index (χ0n) is 19.9. The fraction of sp³-hybridized carbons (Fsp3) is 0.172. The summed E-state index contributed by atoms with van der Waals surface area (Å²) in [6.45, 7) is 12.2. The number of hydrogen-bond acceptors (Lipinski definition) is 6. The Morgan fingerprint density at radius 1 is 0.800 bits per heavy atom. The summed E-state index contributed by atoms with van der Waals surface area (Å²) in [5.41, 5.74) is 2.68. The van der Waals surface area contributed by atoms with E-state index in [-0.39, 0.29) is 17.3 Å². The van der Waals surface area contributed by atoms with E-state index in [4.69, 9.17) is 19.3 Å². The maximum atomic E-state index is 10.2. The minimum atomic E-state index is 0.181. The van der Waals surface area contributed by atoms with E-state index in [9.17, 15) is 9.59 Å². The van der Waals surface area contributed by atoms with E-state index in [1.807, 2.05) is 24.3 Å². The second-order valence-electron chi connectivity index (χ2n) is 8.21. The highest BCUT2D eigenvalue weighted by molar-refractivity contribution is 5.75. The molecule has 1 aliphatic heterocycles. The Hall–Kier alpha value is -4.16. The Bertz CT molecular complexity index is 1080. The van der Waals surface area contributed by atoms with Crippen molar-refractivity contribution in [3.63, 3.8) is 0 Å². The van der Waals surface area contributed by atoms with Gasteiger partial charge in [0.05, 0.1) is 25.2 Å². The molecular formula is C29H30O6. The molecule has 0 saturated carbocycles. The van der Waals surface area contributed by atoms with Crippen LogP contribution in [0.25, 0.3) is 0 Å². The molecule has 182 valence electrons. The van der Waals surface area contributed by atoms with E-state index in [0.29, 0.717) is 16.9 Å². The van der Waals surface area contributed by atoms with Gasteiger partial charge in [0.25, 0.3) is 0 Å². The standard InChI is InChI=1S/C13H16O2.C9H8O2.C7H6O2/c1-4-14-11-7-5-10(6-8-11)12-13(2,3)9-15-12;1-2-11-9-5-3-8(7-10)4-6-9;8-5-6-1-3-7(9)4-2-6/h4-8,12H,1,9H2,2-3H3;2-7H,1H2;1-5,9H. The molecule has 0 aliphatic carbocycles. The lowest BCUT2D eigenvalue weighted by atomic mass is 9.79. The van der Waals surface area contributed by atoms with Crippen molar-refractivity contribution in [2.24, 2.45) is 5.41 Å². The van der Waals surface area contributed by atoms with Crippen molar-refractivity contribution >= 4 is 12.6 Å². The average Bonchev–Trinajstić information content (AvgIpc) is 2.87. The molecule has 1 atom stereocenters. The number of hydrogen-bond donors (Lipinski definition) is 1. The van der Waals surface area contributed by atoms with Gasteiger partial charge in [-0.3, -0.25) is 9.59 Å². The molecule has 6 heteroatoms. The number of benzene rings is 3. The summed E-state index contributed by atoms with van der Waals surface area (Å²) in [6.07, 6.45) is 4.52. The highest BCUT2D eigenvalue weighted by Gasteiger charge is 2.40. The van der Waals surface area contributed by atoms with E-state index in [1.165, 1.54) is 30.2 Å². The van der Waals surface area contributed by atoms with Gasteiger partial charge >= 0.3 is 0 Å². The predicted molar refractivity (Wildman–Crippen MR) is 136 cm³/mol. The number of carbonyl (C=O) groups is 2. The lowest BCUT2D eigenvalue weighted by Gasteiger charge is -2.44. The first kappa shape index (κ1) is 27.1. The third kappa shape index (κ3) is 8.61. The van der Waals surface area contributed by atoms with Crippen LogP contribution in [0.2, 0.25) is 0 Å². The molecular weight excluding hydrogens is 444 g/mol. The third-order valence-corrected chi connectivity index (χ3v) is 5.00. The Morgan fingerprint density at radius 2 is 1.23 bits per heavy atom. The maximum Gasteiger partial charge on any atom is 0.150 e. The molecule has 0 bridgehead atoms. The zero-order valence-corrected chi connectivity index (χ0v) is 19.9. The van der Waals surface area contributed by atoms with Crippen LogP contribution in [0.5, 0.6) is 17.2 Å². The molecule has 4 rings (SSSR count). The molecule has 35 heavy (non-hydrogen) atoms. The highest BCUT2D eigenvalue weighted by atomic mass is 16.5. The minimum absolute atomic E-state index is 0.181. The van der Waals surface area contributed by atoms with Crippen molar-refractivity contribution < 1.29 is 28.9 Å². The quantitative estimate of drug-likeness (QED) is 0.310. The summed E-state index contributed by atoms with van der Waals surface area (Å²) in [4.78, 5) is 20.3. The Labute approximate surface area is 206 Å². The number of aldehydes is 2. The van der Waals surface area contributed by atoms with Gasteiger partial charge in [0.15, 0.2) is 0 Å². The summed E-state index contributed by atoms with van der Waals surface area (Å²) in [5, 5.41) is 8.74. The maximum absolute atomic E-state index is 10.2. The van der Waals surface area contributed by atoms with Gasteiger partial charge in [-0.1, -0.05) is 39.1 Å². The Balaban J connectivity index is 0.000000193. The SMILES string of the molecule is C=COc1ccc(C2OCC2(C)C)cc1.C=COc1ccc(C=O)cc1.O=Cc1ccc(O)cc1. The monoisotopic (exact) mass is 474 g/mol. The second kappa shape index (κ2) is 13.5. The molecule has 0 radical (unpaired) electrons. The van der Waals surface area contributed by atoms with Gasteiger partial charge in [-0.2, -0.15) is 0 Å². The second-order valence-corrected chi connectivity index (χ2v) is 8.21. The van der Waals surface area contributed by atoms with Crippen LogP contribution >= 0.6 is 0 Å². The van der Waals surface area contributed by atoms with Crippen molar-refractivity contribution in [2.45, 2.75) is 20.0 Å². The minimum Gasteiger partial charge on any atom is -0.508 e. The molecule has 0 amide bonds. The third-order valence-electron chi connectivity index (χ3n) is 5.00. The summed E-state index contributed by atoms with van der Waals surface area (Å²) < 4.78 is 15.7. The van der Waals surface area contributed by atoms with Crippen LogP contribution in [-0.4, -0.2) is 24.3 Å². The summed E-state index contributed by atoms with van der Waals surface area (Å²) in [6, 6.07) is 20.8. The summed E-state index contributed by atoms with van der Waals surface area (Å²) in [7, 11) is 0. The first-order valence-corrected chi connectivity index (χ1v) is 10.9. The first-order valence-electron chi connectivity index (χ1n) is 10.9. The summed E-state index contributed by atoms with van der Waals surface area (Å²) in [5.74, 6) is 1.68. The van der Waals surface area contributed by atoms with Gasteiger partial charge in [0.1, 0.15) is 29.8 Å². The van der Waals surface area contributed by atoms with Crippen molar-refractivity contribution in [3.05, 3.63) is 115 Å². The number of ether oxygens (including phenoxy) is 3. The van der Waals surface area contributed by atoms with Crippen molar-refractivity contribution in [3.8, 4) is 17.2 Å². The highest BCUT2D eigenvalue weighted by Crippen LogP contribution is 2.45. The molecule has 3 aromatic carbocycles. The molecule has 3 aromatic rings. The number of carbonyl (C=O) groups excluding carboxylic acids is 2. The van der Waals surface area contributed by atoms with Crippen LogP contribution in [0, 0.1) is 5.41 Å². The van der Waals surface area contributed by atoms with Crippen molar-refractivity contribution in [1.29, 1.82) is 0 Å². The van der Waals surface area contributed by atoms with Crippen molar-refractivity contribution in [1.82, 2.24) is 0 Å². The zero-order chi connectivity index (χ0) is 25.7. The van der Waals surface area contributed by atoms with Gasteiger partial charge in [0.2, 0.25) is 0 Å². The van der Waals surface area contributed by atoms with Crippen LogP contribution in [0.4, 0.5) is 0 Å². The van der Waals surface area contributed by atoms with Crippen molar-refractivity contribution in [2.75, 3.05) is 6.61 Å². The number of phenols is 1. The lowest BCUT2D eigenvalue weighted by Crippen LogP contribution is -2.40. The normalized spacial score (nSPS) is 14.9. The van der Waals surface area contributed by atoms with Crippen LogP contribution < -0.4 is 9.47 Å². The van der Waals surface area contributed by atoms with E-state index >= 15 is 0 Å². The van der Waals surface area contributed by atoms with Crippen LogP contribution in [0.15, 0.2) is 98.5 Å². The Kier molecular flexibility index (Phi) is 10.5. The Morgan fingerprint density at radius 3 is 1.57 bits per heavy atom. The molecule has 6 nitrogen and oxygen atoms in total. The van der Waals surface area contributed by atoms with Gasteiger partial charge in [-0.25, -0.2) is 0 Å². The van der Waals surface area contributed by atoms with Crippen LogP contribution in [0.3, 0.4) is 0 Å². The molecule has 1 saturated heterocycles. The van der Waals surface area contributed by atoms with Gasteiger partial charge in [0, 0.05) is 16.5 Å². The number of rotatable bonds is 7. The molecule has 1 heterocycles. The van der Waals surface area contributed by atoms with Crippen LogP contribution in [-0.2, 0) is 4.74 Å². The van der Waals surface area contributed by atoms with E-state index in [0.717, 1.165) is 24.9 Å². The molecule has 1 fully saturated rings. The van der Waals surface area contributed by atoms with E-state index < -0.39 is 0 Å². The molecule has 1 unspecified atom stereocenters. The van der Waals surface area contributed by atoms with Gasteiger partial charge < -0.3 is 19.3 Å². The largest absolute Gasteiger partial charge is 0.508 e. The fourth-order valence-corrected chi connectivity index (χ4v) is 3.14. The number of aromatic hydroxyl groups is 1. The lowest BCUT2D eigenvalue weighted by molar-refractivity contribution is -0.172. The molecule has 0 aromatic heterocycles. The summed E-state index contributed by atoms with van der Waals surface area (Å²) >= 11 is 0. The van der Waals surface area contributed by atoms with Crippen LogP contribution in [0.1, 0.15) is 46.2 Å². The van der Waals surface area contributed by atoms with Gasteiger partial charge in [-0.15, -0.1) is 0 Å². The average molecular weight is 475 g/mol. The van der Waals surface area contributed by atoms with E-state index in [2.05, 4.69) is 27.0 Å². The molecule has 1 N–H and O–H groups in total. The predicted octanol–water partition coefficient (Wildman–Crippen LogP) is 6.53. The first-order chi connectivity index (χ1) is 16.8. The molecule has 0 spiro atoms.